The molecule has 0 aliphatic rings. The normalized spacial score (nSPS) is 11.7. The van der Waals surface area contributed by atoms with Crippen LogP contribution in [0.1, 0.15) is 15.9 Å². The van der Waals surface area contributed by atoms with Gasteiger partial charge in [0, 0.05) is 17.7 Å². The first kappa shape index (κ1) is 19.9. The van der Waals surface area contributed by atoms with Gasteiger partial charge >= 0.3 is 5.97 Å². The summed E-state index contributed by atoms with van der Waals surface area (Å²) in [5.41, 5.74) is 0.101. The van der Waals surface area contributed by atoms with Gasteiger partial charge in [-0.15, -0.1) is 4.40 Å². The summed E-state index contributed by atoms with van der Waals surface area (Å²) in [5, 5.41) is 10.7. The number of benzene rings is 3. The van der Waals surface area contributed by atoms with Gasteiger partial charge in [0.2, 0.25) is 5.90 Å². The van der Waals surface area contributed by atoms with Gasteiger partial charge < -0.3 is 4.74 Å². The van der Waals surface area contributed by atoms with Crippen molar-refractivity contribution in [3.8, 4) is 0 Å². The Labute approximate surface area is 166 Å². The average Bonchev–Trinajstić information content (AvgIpc) is 2.74. The van der Waals surface area contributed by atoms with Crippen molar-refractivity contribution in [1.29, 1.82) is 0 Å². The fraction of sp³-hybridized carbons (Fsp3) is 0. The predicted octanol–water partition coefficient (Wildman–Crippen LogP) is 3.59. The Bertz CT molecular complexity index is 1160. The van der Waals surface area contributed by atoms with E-state index in [0.29, 0.717) is 0 Å². The Morgan fingerprint density at radius 2 is 1.38 bits per heavy atom. The summed E-state index contributed by atoms with van der Waals surface area (Å²) in [4.78, 5) is 22.5. The van der Waals surface area contributed by atoms with Gasteiger partial charge in [-0.1, -0.05) is 36.4 Å². The van der Waals surface area contributed by atoms with Gasteiger partial charge in [0.25, 0.3) is 15.7 Å². The van der Waals surface area contributed by atoms with E-state index < -0.39 is 26.8 Å². The number of carbonyl (C=O) groups is 1. The monoisotopic (exact) mass is 410 g/mol. The molecular formula is C20H14N2O6S. The van der Waals surface area contributed by atoms with Crippen molar-refractivity contribution >= 4 is 27.6 Å². The molecule has 29 heavy (non-hydrogen) atoms. The van der Waals surface area contributed by atoms with Crippen molar-refractivity contribution in [2.75, 3.05) is 0 Å². The Kier molecular flexibility index (Phi) is 5.79. The Balaban J connectivity index is 1.97. The average molecular weight is 410 g/mol. The van der Waals surface area contributed by atoms with Crippen LogP contribution < -0.4 is 0 Å². The number of nitrogens with zero attached hydrogens (tertiary/aromatic N) is 2. The molecule has 0 bridgehead atoms. The highest BCUT2D eigenvalue weighted by Crippen LogP contribution is 2.17. The molecule has 0 amide bonds. The third kappa shape index (κ3) is 4.90. The van der Waals surface area contributed by atoms with Crippen LogP contribution in [-0.4, -0.2) is 25.2 Å². The maximum Gasteiger partial charge on any atom is 0.344 e. The van der Waals surface area contributed by atoms with Gasteiger partial charge in [-0.05, 0) is 36.4 Å². The van der Waals surface area contributed by atoms with Crippen molar-refractivity contribution in [2.45, 2.75) is 4.90 Å². The van der Waals surface area contributed by atoms with E-state index in [9.17, 15) is 23.3 Å². The summed E-state index contributed by atoms with van der Waals surface area (Å²) in [7, 11) is -4.13. The van der Waals surface area contributed by atoms with E-state index in [1.165, 1.54) is 24.3 Å². The maximum atomic E-state index is 12.6. The minimum absolute atomic E-state index is 0.0105. The Hall–Kier alpha value is -3.85. The third-order valence-corrected chi connectivity index (χ3v) is 5.04. The number of hydrogen-bond acceptors (Lipinski definition) is 6. The molecule has 0 radical (unpaired) electrons. The molecule has 0 aliphatic carbocycles. The van der Waals surface area contributed by atoms with E-state index in [1.807, 2.05) is 0 Å². The van der Waals surface area contributed by atoms with Gasteiger partial charge in [-0.25, -0.2) is 4.79 Å². The van der Waals surface area contributed by atoms with Gasteiger partial charge in [-0.3, -0.25) is 10.1 Å². The molecular weight excluding hydrogens is 396 g/mol. The van der Waals surface area contributed by atoms with Crippen molar-refractivity contribution in [3.05, 3.63) is 106 Å². The molecule has 146 valence electrons. The van der Waals surface area contributed by atoms with E-state index in [4.69, 9.17) is 4.74 Å². The topological polar surface area (TPSA) is 116 Å². The molecule has 3 aromatic rings. The van der Waals surface area contributed by atoms with Crippen LogP contribution in [0, 0.1) is 10.1 Å². The number of hydrogen-bond donors (Lipinski definition) is 0. The highest BCUT2D eigenvalue weighted by Gasteiger charge is 2.20. The summed E-state index contributed by atoms with van der Waals surface area (Å²) in [6.07, 6.45) is 0. The molecule has 3 rings (SSSR count). The molecule has 0 spiro atoms. The Morgan fingerprint density at radius 1 is 0.828 bits per heavy atom. The fourth-order valence-corrected chi connectivity index (χ4v) is 3.30. The molecule has 9 heteroatoms. The van der Waals surface area contributed by atoms with Crippen molar-refractivity contribution < 1.29 is 22.9 Å². The molecule has 3 aromatic carbocycles. The summed E-state index contributed by atoms with van der Waals surface area (Å²) in [5.74, 6) is -1.30. The third-order valence-electron chi connectivity index (χ3n) is 3.77. The second-order valence-electron chi connectivity index (χ2n) is 5.74. The first-order valence-corrected chi connectivity index (χ1v) is 9.73. The molecule has 0 fully saturated rings. The highest BCUT2D eigenvalue weighted by molar-refractivity contribution is 7.90. The van der Waals surface area contributed by atoms with E-state index in [-0.39, 0.29) is 21.7 Å². The van der Waals surface area contributed by atoms with Crippen LogP contribution in [0.2, 0.25) is 0 Å². The van der Waals surface area contributed by atoms with E-state index >= 15 is 0 Å². The standard InChI is InChI=1S/C20H14N2O6S/c23-20(16-11-13-17(14-12-16)22(24)25)28-19(15-7-3-1-4-8-15)21-29(26,27)18-9-5-2-6-10-18/h1-14H/b21-19+. The molecule has 0 N–H and O–H groups in total. The summed E-state index contributed by atoms with van der Waals surface area (Å²) in [6.45, 7) is 0. The number of esters is 1. The maximum absolute atomic E-state index is 12.6. The summed E-state index contributed by atoms with van der Waals surface area (Å²) < 4.78 is 34.1. The van der Waals surface area contributed by atoms with E-state index in [0.717, 1.165) is 12.1 Å². The molecule has 0 unspecified atom stereocenters. The predicted molar refractivity (Wildman–Crippen MR) is 105 cm³/mol. The SMILES string of the molecule is O=C(O/C(=N/S(=O)(=O)c1ccccc1)c1ccccc1)c1ccc([N+](=O)[O-])cc1. The summed E-state index contributed by atoms with van der Waals surface area (Å²) in [6, 6.07) is 20.3. The number of nitro benzene ring substituents is 1. The largest absolute Gasteiger partial charge is 0.402 e. The minimum Gasteiger partial charge on any atom is -0.402 e. The van der Waals surface area contributed by atoms with Crippen molar-refractivity contribution in [2.24, 2.45) is 4.40 Å². The highest BCUT2D eigenvalue weighted by atomic mass is 32.2. The second kappa shape index (κ2) is 8.44. The van der Waals surface area contributed by atoms with Gasteiger partial charge in [0.1, 0.15) is 0 Å². The van der Waals surface area contributed by atoms with Gasteiger partial charge in [0.15, 0.2) is 0 Å². The number of non-ortho nitro benzene ring substituents is 1. The second-order valence-corrected chi connectivity index (χ2v) is 7.35. The van der Waals surface area contributed by atoms with Crippen molar-refractivity contribution in [3.63, 3.8) is 0 Å². The minimum atomic E-state index is -4.13. The molecule has 0 atom stereocenters. The van der Waals surface area contributed by atoms with Crippen LogP contribution >= 0.6 is 0 Å². The molecule has 8 nitrogen and oxygen atoms in total. The lowest BCUT2D eigenvalue weighted by molar-refractivity contribution is -0.384. The van der Waals surface area contributed by atoms with Crippen molar-refractivity contribution in [1.82, 2.24) is 0 Å². The number of rotatable bonds is 5. The zero-order valence-electron chi connectivity index (χ0n) is 14.8. The molecule has 0 heterocycles. The first-order chi connectivity index (χ1) is 13.9. The number of sulfonamides is 1. The van der Waals surface area contributed by atoms with Crippen LogP contribution in [0.4, 0.5) is 5.69 Å². The van der Waals surface area contributed by atoms with Crippen LogP contribution in [0.25, 0.3) is 0 Å². The lowest BCUT2D eigenvalue weighted by Crippen LogP contribution is -2.16. The van der Waals surface area contributed by atoms with E-state index in [2.05, 4.69) is 4.40 Å². The van der Waals surface area contributed by atoms with Crippen LogP contribution in [-0.2, 0) is 14.8 Å². The molecule has 0 aliphatic heterocycles. The number of carbonyl (C=O) groups excluding carboxylic acids is 1. The van der Waals surface area contributed by atoms with Crippen LogP contribution in [0.5, 0.6) is 0 Å². The zero-order chi connectivity index (χ0) is 20.9. The van der Waals surface area contributed by atoms with Crippen LogP contribution in [0.15, 0.2) is 94.2 Å². The first-order valence-electron chi connectivity index (χ1n) is 8.29. The van der Waals surface area contributed by atoms with E-state index in [1.54, 1.807) is 48.5 Å². The molecule has 0 saturated carbocycles. The van der Waals surface area contributed by atoms with Gasteiger partial charge in [-0.2, -0.15) is 8.42 Å². The lowest BCUT2D eigenvalue weighted by Gasteiger charge is -2.08. The smallest absolute Gasteiger partial charge is 0.344 e. The summed E-state index contributed by atoms with van der Waals surface area (Å²) >= 11 is 0. The van der Waals surface area contributed by atoms with Crippen LogP contribution in [0.3, 0.4) is 0 Å². The number of nitro groups is 1. The number of ether oxygens (including phenoxy) is 1. The Morgan fingerprint density at radius 3 is 1.93 bits per heavy atom. The van der Waals surface area contributed by atoms with Gasteiger partial charge in [0.05, 0.1) is 15.4 Å². The fourth-order valence-electron chi connectivity index (χ4n) is 2.33. The lowest BCUT2D eigenvalue weighted by atomic mass is 10.2. The zero-order valence-corrected chi connectivity index (χ0v) is 15.7. The molecule has 0 saturated heterocycles. The quantitative estimate of drug-likeness (QED) is 0.209. The molecule has 0 aromatic heterocycles.